The summed E-state index contributed by atoms with van der Waals surface area (Å²) in [6, 6.07) is 23.9. The van der Waals surface area contributed by atoms with Crippen molar-refractivity contribution in [3.8, 4) is 11.1 Å². The molecule has 43 heavy (non-hydrogen) atoms. The van der Waals surface area contributed by atoms with Gasteiger partial charge < -0.3 is 10.6 Å². The number of hydrogen-bond acceptors (Lipinski definition) is 6. The van der Waals surface area contributed by atoms with E-state index in [0.717, 1.165) is 35.2 Å². The quantitative estimate of drug-likeness (QED) is 0.132. The Morgan fingerprint density at radius 1 is 0.884 bits per heavy atom. The Kier molecular flexibility index (Phi) is 7.81. The van der Waals surface area contributed by atoms with Gasteiger partial charge in [-0.1, -0.05) is 77.5 Å². The van der Waals surface area contributed by atoms with Crippen molar-refractivity contribution in [3.05, 3.63) is 95.1 Å². The van der Waals surface area contributed by atoms with Gasteiger partial charge in [-0.05, 0) is 72.5 Å². The monoisotopic (exact) mass is 700 g/mol. The molecule has 0 spiro atoms. The number of piperidine rings is 1. The molecule has 0 radical (unpaired) electrons. The lowest BCUT2D eigenvalue weighted by Gasteiger charge is -2.27. The van der Waals surface area contributed by atoms with Crippen molar-refractivity contribution in [2.45, 2.75) is 30.2 Å². The fourth-order valence-electron chi connectivity index (χ4n) is 5.71. The summed E-state index contributed by atoms with van der Waals surface area (Å²) in [4.78, 5) is 40.9. The summed E-state index contributed by atoms with van der Waals surface area (Å²) < 4.78 is 0.967. The number of aromatic nitrogens is 2. The molecule has 2 aromatic heterocycles. The van der Waals surface area contributed by atoms with Crippen LogP contribution in [0.25, 0.3) is 21.3 Å². The van der Waals surface area contributed by atoms with Gasteiger partial charge in [0.25, 0.3) is 5.91 Å². The Bertz CT molecular complexity index is 1800. The number of amides is 3. The number of carbonyl (C=O) groups is 2. The maximum Gasteiger partial charge on any atom is 0.332 e. The molecule has 1 fully saturated rings. The molecule has 7 rings (SSSR count). The number of carbonyl (C=O) groups excluding carboxylic acids is 2. The summed E-state index contributed by atoms with van der Waals surface area (Å²) in [6.07, 6.45) is 5.27. The third kappa shape index (κ3) is 5.62. The van der Waals surface area contributed by atoms with Crippen LogP contribution in [0.15, 0.2) is 79.1 Å². The predicted molar refractivity (Wildman–Crippen MR) is 182 cm³/mol. The molecule has 4 heterocycles. The van der Waals surface area contributed by atoms with E-state index in [1.807, 2.05) is 36.4 Å². The Morgan fingerprint density at radius 2 is 1.56 bits per heavy atom. The van der Waals surface area contributed by atoms with E-state index in [2.05, 4.69) is 84.5 Å². The molecule has 0 saturated carbocycles. The smallest absolute Gasteiger partial charge is 0.321 e. The molecule has 10 heteroatoms. The lowest BCUT2D eigenvalue weighted by Crippen LogP contribution is -2.35. The van der Waals surface area contributed by atoms with Gasteiger partial charge in [0.2, 0.25) is 0 Å². The highest BCUT2D eigenvalue weighted by molar-refractivity contribution is 14.1. The molecule has 2 aliphatic rings. The zero-order valence-electron chi connectivity index (χ0n) is 23.3. The van der Waals surface area contributed by atoms with Crippen LogP contribution >= 0.6 is 33.9 Å². The Balaban J connectivity index is 1.12. The average molecular weight is 701 g/mol. The molecule has 0 atom stereocenters. The van der Waals surface area contributed by atoms with E-state index in [1.54, 1.807) is 0 Å². The van der Waals surface area contributed by atoms with Crippen molar-refractivity contribution in [2.24, 2.45) is 0 Å². The highest BCUT2D eigenvalue weighted by Crippen LogP contribution is 2.45. The van der Waals surface area contributed by atoms with E-state index in [0.29, 0.717) is 38.0 Å². The van der Waals surface area contributed by atoms with Crippen molar-refractivity contribution < 1.29 is 9.59 Å². The second kappa shape index (κ2) is 12.0. The molecule has 0 unspecified atom stereocenters. The molecule has 3 amide bonds. The Morgan fingerprint density at radius 3 is 2.26 bits per heavy atom. The van der Waals surface area contributed by atoms with Gasteiger partial charge in [0.05, 0.1) is 16.8 Å². The minimum atomic E-state index is -0.374. The number of halogens is 1. The van der Waals surface area contributed by atoms with Gasteiger partial charge in [0.15, 0.2) is 5.82 Å². The summed E-state index contributed by atoms with van der Waals surface area (Å²) in [5.41, 5.74) is 6.51. The zero-order valence-corrected chi connectivity index (χ0v) is 26.3. The highest BCUT2D eigenvalue weighted by Gasteiger charge is 2.33. The molecule has 5 aromatic rings. The van der Waals surface area contributed by atoms with Gasteiger partial charge >= 0.3 is 6.03 Å². The van der Waals surface area contributed by atoms with Crippen LogP contribution in [-0.4, -0.2) is 39.9 Å². The van der Waals surface area contributed by atoms with E-state index >= 15 is 0 Å². The molecule has 3 aromatic carbocycles. The van der Waals surface area contributed by atoms with Gasteiger partial charge in [-0.15, -0.1) is 11.3 Å². The topological polar surface area (TPSA) is 90.5 Å². The Labute approximate surface area is 267 Å². The lowest BCUT2D eigenvalue weighted by atomic mass is 10.0. The number of hydrogen-bond donors (Lipinski definition) is 2. The van der Waals surface area contributed by atoms with Gasteiger partial charge in [-0.25, -0.2) is 19.7 Å². The van der Waals surface area contributed by atoms with Crippen molar-refractivity contribution in [2.75, 3.05) is 28.6 Å². The summed E-state index contributed by atoms with van der Waals surface area (Å²) >= 11 is 3.60. The van der Waals surface area contributed by atoms with Gasteiger partial charge in [0.1, 0.15) is 16.0 Å². The molecule has 1 saturated heterocycles. The maximum absolute atomic E-state index is 13.5. The summed E-state index contributed by atoms with van der Waals surface area (Å²) in [7, 11) is 0. The number of anilines is 4. The van der Waals surface area contributed by atoms with E-state index in [-0.39, 0.29) is 11.9 Å². The summed E-state index contributed by atoms with van der Waals surface area (Å²) in [5, 5.41) is 6.61. The van der Waals surface area contributed by atoms with Crippen LogP contribution < -0.4 is 15.5 Å². The number of alkyl halides is 1. The van der Waals surface area contributed by atoms with E-state index in [1.165, 1.54) is 53.0 Å². The van der Waals surface area contributed by atoms with Crippen LogP contribution in [0.3, 0.4) is 0 Å². The number of thiophene rings is 1. The van der Waals surface area contributed by atoms with Crippen LogP contribution in [0, 0.1) is 0 Å². The second-order valence-corrected chi connectivity index (χ2v) is 12.6. The van der Waals surface area contributed by atoms with Crippen molar-refractivity contribution in [1.29, 1.82) is 0 Å². The number of nitrogens with zero attached hydrogens (tertiary/aromatic N) is 4. The van der Waals surface area contributed by atoms with Crippen LogP contribution in [0.2, 0.25) is 0 Å². The minimum absolute atomic E-state index is 0.292. The second-order valence-electron chi connectivity index (χ2n) is 10.8. The molecular weight excluding hydrogens is 671 g/mol. The van der Waals surface area contributed by atoms with Crippen LogP contribution in [0.1, 0.15) is 40.1 Å². The van der Waals surface area contributed by atoms with E-state index < -0.39 is 0 Å². The number of urea groups is 1. The minimum Gasteiger partial charge on any atom is -0.321 e. The molecule has 0 aliphatic carbocycles. The van der Waals surface area contributed by atoms with Crippen LogP contribution in [0.5, 0.6) is 0 Å². The molecule has 2 aliphatic heterocycles. The highest BCUT2D eigenvalue weighted by atomic mass is 127. The number of likely N-dealkylation sites (tertiary alicyclic amines) is 1. The van der Waals surface area contributed by atoms with Crippen LogP contribution in [-0.2, 0) is 11.0 Å². The molecule has 216 valence electrons. The third-order valence-electron chi connectivity index (χ3n) is 7.96. The molecule has 2 N–H and O–H groups in total. The fraction of sp³-hybridized carbons (Fsp3) is 0.212. The average Bonchev–Trinajstić information content (AvgIpc) is 3.42. The first-order valence-corrected chi connectivity index (χ1v) is 16.7. The van der Waals surface area contributed by atoms with Crippen molar-refractivity contribution in [1.82, 2.24) is 14.9 Å². The van der Waals surface area contributed by atoms with Crippen molar-refractivity contribution >= 4 is 79.0 Å². The summed E-state index contributed by atoms with van der Waals surface area (Å²) in [5.74, 6) is 0.166. The SMILES string of the molecule is O=C(Nc1ccc(CN2CCCCC2)cc1)c1sc2ncnc3c2c1NC(=O)N3c1ccc(-c2ccc(CI)cc2)cc1. The first-order chi connectivity index (χ1) is 21.1. The van der Waals surface area contributed by atoms with Crippen LogP contribution in [0.4, 0.5) is 27.7 Å². The first kappa shape index (κ1) is 27.9. The van der Waals surface area contributed by atoms with E-state index in [4.69, 9.17) is 0 Å². The number of rotatable bonds is 7. The lowest BCUT2D eigenvalue weighted by molar-refractivity contribution is 0.103. The third-order valence-corrected chi connectivity index (χ3v) is 9.93. The summed E-state index contributed by atoms with van der Waals surface area (Å²) in [6.45, 7) is 3.20. The van der Waals surface area contributed by atoms with Gasteiger partial charge in [-0.2, -0.15) is 0 Å². The molecule has 0 bridgehead atoms. The zero-order chi connectivity index (χ0) is 29.3. The van der Waals surface area contributed by atoms with Gasteiger partial charge in [0, 0.05) is 16.7 Å². The standard InChI is InChI=1S/C33H29IN6O2S/c34-18-21-4-8-23(9-5-21)24-10-14-26(15-11-24)40-30-27-28(38-33(40)42)29(43-32(27)36-20-35-30)31(41)37-25-12-6-22(7-13-25)19-39-16-2-1-3-17-39/h4-15,20H,1-3,16-19H2,(H,37,41)(H,38,42). The maximum atomic E-state index is 13.5. The number of benzene rings is 3. The number of nitrogens with one attached hydrogen (secondary N) is 2. The Hall–Kier alpha value is -3.87. The van der Waals surface area contributed by atoms with Gasteiger partial charge in [-0.3, -0.25) is 9.69 Å². The predicted octanol–water partition coefficient (Wildman–Crippen LogP) is 8.22. The van der Waals surface area contributed by atoms with E-state index in [9.17, 15) is 9.59 Å². The normalized spacial score (nSPS) is 15.0. The molecule has 8 nitrogen and oxygen atoms in total. The first-order valence-electron chi connectivity index (χ1n) is 14.3. The fourth-order valence-corrected chi connectivity index (χ4v) is 7.21. The van der Waals surface area contributed by atoms with Crippen molar-refractivity contribution in [3.63, 3.8) is 0 Å². The molecular formula is C33H29IN6O2S. The largest absolute Gasteiger partial charge is 0.332 e.